The van der Waals surface area contributed by atoms with E-state index in [1.54, 1.807) is 63.2 Å². The van der Waals surface area contributed by atoms with Gasteiger partial charge in [-0.2, -0.15) is 0 Å². The van der Waals surface area contributed by atoms with Crippen LogP contribution in [-0.2, 0) is 14.8 Å². The van der Waals surface area contributed by atoms with E-state index in [0.717, 1.165) is 0 Å². The van der Waals surface area contributed by atoms with Crippen molar-refractivity contribution >= 4 is 56.5 Å². The number of rotatable bonds is 5. The average molecular weight is 455 g/mol. The number of nitrogens with one attached hydrogen (secondary N) is 2. The monoisotopic (exact) mass is 454 g/mol. The summed E-state index contributed by atoms with van der Waals surface area (Å²) in [6, 6.07) is 9.85. The van der Waals surface area contributed by atoms with Gasteiger partial charge in [0, 0.05) is 32.3 Å². The highest BCUT2D eigenvalue weighted by Crippen LogP contribution is 2.36. The van der Waals surface area contributed by atoms with Crippen molar-refractivity contribution < 1.29 is 17.9 Å². The van der Waals surface area contributed by atoms with Gasteiger partial charge in [-0.05, 0) is 57.2 Å². The topological polar surface area (TPSA) is 84.5 Å². The van der Waals surface area contributed by atoms with Crippen LogP contribution in [0.3, 0.4) is 0 Å². The lowest BCUT2D eigenvalue weighted by molar-refractivity contribution is -0.110. The van der Waals surface area contributed by atoms with Gasteiger partial charge in [0.2, 0.25) is 16.0 Å². The normalized spacial score (nSPS) is 15.3. The summed E-state index contributed by atoms with van der Waals surface area (Å²) < 4.78 is 32.5. The number of amides is 1. The number of carbonyl (C=O) groups is 1. The first kappa shape index (κ1) is 21.6. The maximum absolute atomic E-state index is 12.4. The highest BCUT2D eigenvalue weighted by Gasteiger charge is 2.25. The van der Waals surface area contributed by atoms with Gasteiger partial charge in [-0.1, -0.05) is 29.3 Å². The standard InChI is InChI=1S/C20H20Cl2N2O4S/c1-20(2,3)24-29(26,27)11-28-18-7-5-13(21)8-12(18)9-16-15-6-4-14(22)10-17(15)23-19(16)25/h4-10,24H,11H2,1-3H3,(H,23,25)/b16-9+. The molecule has 29 heavy (non-hydrogen) atoms. The fourth-order valence-electron chi connectivity index (χ4n) is 2.87. The number of carbonyl (C=O) groups excluding carboxylic acids is 1. The first-order valence-electron chi connectivity index (χ1n) is 8.70. The molecule has 2 aromatic rings. The summed E-state index contributed by atoms with van der Waals surface area (Å²) in [6.07, 6.45) is 1.61. The maximum atomic E-state index is 12.4. The van der Waals surface area contributed by atoms with Crippen LogP contribution in [0.5, 0.6) is 5.75 Å². The molecule has 2 N–H and O–H groups in total. The van der Waals surface area contributed by atoms with E-state index in [1.807, 2.05) is 0 Å². The number of hydrogen-bond donors (Lipinski definition) is 2. The molecule has 0 fully saturated rings. The van der Waals surface area contributed by atoms with Gasteiger partial charge < -0.3 is 10.1 Å². The lowest BCUT2D eigenvalue weighted by Gasteiger charge is -2.20. The van der Waals surface area contributed by atoms with Crippen molar-refractivity contribution in [3.05, 3.63) is 57.6 Å². The van der Waals surface area contributed by atoms with Crippen LogP contribution in [0.1, 0.15) is 31.9 Å². The molecule has 0 bridgehead atoms. The summed E-state index contributed by atoms with van der Waals surface area (Å²) in [5.74, 6) is -0.577. The molecular formula is C20H20Cl2N2O4S. The fourth-order valence-corrected chi connectivity index (χ4v) is 4.49. The quantitative estimate of drug-likeness (QED) is 0.649. The van der Waals surface area contributed by atoms with Crippen LogP contribution in [-0.4, -0.2) is 25.8 Å². The fraction of sp³-hybridized carbons (Fsp3) is 0.250. The molecule has 0 aliphatic carbocycles. The zero-order valence-electron chi connectivity index (χ0n) is 16.0. The highest BCUT2D eigenvalue weighted by molar-refractivity contribution is 7.89. The molecule has 6 nitrogen and oxygen atoms in total. The summed E-state index contributed by atoms with van der Waals surface area (Å²) in [5, 5.41) is 3.69. The van der Waals surface area contributed by atoms with Crippen molar-refractivity contribution in [3.8, 4) is 5.75 Å². The molecule has 2 aromatic carbocycles. The van der Waals surface area contributed by atoms with E-state index in [4.69, 9.17) is 27.9 Å². The third-order valence-electron chi connectivity index (χ3n) is 3.87. The first-order valence-corrected chi connectivity index (χ1v) is 11.1. The second kappa shape index (κ2) is 7.99. The zero-order chi connectivity index (χ0) is 21.4. The summed E-state index contributed by atoms with van der Waals surface area (Å²) in [5.41, 5.74) is 1.55. The van der Waals surface area contributed by atoms with Gasteiger partial charge in [0.1, 0.15) is 5.75 Å². The van der Waals surface area contributed by atoms with E-state index in [2.05, 4.69) is 10.0 Å². The molecule has 9 heteroatoms. The third kappa shape index (κ3) is 5.51. The van der Waals surface area contributed by atoms with E-state index >= 15 is 0 Å². The van der Waals surface area contributed by atoms with E-state index in [-0.39, 0.29) is 11.7 Å². The van der Waals surface area contributed by atoms with Crippen molar-refractivity contribution in [1.82, 2.24) is 4.72 Å². The van der Waals surface area contributed by atoms with Gasteiger partial charge in [0.15, 0.2) is 0 Å². The van der Waals surface area contributed by atoms with Crippen LogP contribution >= 0.6 is 23.2 Å². The summed E-state index contributed by atoms with van der Waals surface area (Å²) in [7, 11) is -3.68. The van der Waals surface area contributed by atoms with Crippen LogP contribution in [0, 0.1) is 0 Å². The van der Waals surface area contributed by atoms with Gasteiger partial charge in [0.25, 0.3) is 5.91 Å². The Bertz CT molecular complexity index is 1110. The Balaban J connectivity index is 1.93. The van der Waals surface area contributed by atoms with Gasteiger partial charge >= 0.3 is 0 Å². The lowest BCUT2D eigenvalue weighted by atomic mass is 10.0. The molecular weight excluding hydrogens is 435 g/mol. The number of sulfonamides is 1. The Kier molecular flexibility index (Phi) is 5.96. The predicted molar refractivity (Wildman–Crippen MR) is 117 cm³/mol. The predicted octanol–water partition coefficient (Wildman–Crippen LogP) is 4.54. The van der Waals surface area contributed by atoms with Crippen molar-refractivity contribution in [1.29, 1.82) is 0 Å². The molecule has 0 atom stereocenters. The lowest BCUT2D eigenvalue weighted by Crippen LogP contribution is -2.42. The molecule has 1 aliphatic rings. The maximum Gasteiger partial charge on any atom is 0.256 e. The van der Waals surface area contributed by atoms with Crippen LogP contribution in [0.4, 0.5) is 5.69 Å². The first-order chi connectivity index (χ1) is 13.4. The summed E-state index contributed by atoms with van der Waals surface area (Å²) in [6.45, 7) is 5.22. The Morgan fingerprint density at radius 2 is 1.76 bits per heavy atom. The van der Waals surface area contributed by atoms with E-state index < -0.39 is 21.5 Å². The van der Waals surface area contributed by atoms with E-state index in [9.17, 15) is 13.2 Å². The number of hydrogen-bond acceptors (Lipinski definition) is 4. The van der Waals surface area contributed by atoms with Crippen molar-refractivity contribution in [2.75, 3.05) is 11.3 Å². The summed E-state index contributed by atoms with van der Waals surface area (Å²) >= 11 is 12.1. The molecule has 0 unspecified atom stereocenters. The molecule has 0 saturated heterocycles. The number of halogens is 2. The molecule has 1 heterocycles. The minimum Gasteiger partial charge on any atom is -0.476 e. The largest absolute Gasteiger partial charge is 0.476 e. The molecule has 0 radical (unpaired) electrons. The van der Waals surface area contributed by atoms with Crippen molar-refractivity contribution in [2.45, 2.75) is 26.3 Å². The van der Waals surface area contributed by atoms with E-state index in [1.165, 1.54) is 0 Å². The zero-order valence-corrected chi connectivity index (χ0v) is 18.4. The molecule has 0 aromatic heterocycles. The average Bonchev–Trinajstić information content (AvgIpc) is 2.86. The van der Waals surface area contributed by atoms with Crippen molar-refractivity contribution in [2.24, 2.45) is 0 Å². The van der Waals surface area contributed by atoms with E-state index in [0.29, 0.717) is 32.4 Å². The Hall–Kier alpha value is -2.06. The SMILES string of the molecule is CC(C)(C)NS(=O)(=O)COc1ccc(Cl)cc1/C=C1/C(=O)Nc2cc(Cl)ccc21. The van der Waals surface area contributed by atoms with Gasteiger partial charge in [0.05, 0.1) is 5.69 Å². The van der Waals surface area contributed by atoms with Crippen LogP contribution in [0.15, 0.2) is 36.4 Å². The second-order valence-electron chi connectivity index (χ2n) is 7.61. The second-order valence-corrected chi connectivity index (χ2v) is 10.2. The minimum absolute atomic E-state index is 0.288. The molecule has 3 rings (SSSR count). The molecule has 1 aliphatic heterocycles. The number of ether oxygens (including phenoxy) is 1. The summed E-state index contributed by atoms with van der Waals surface area (Å²) in [4.78, 5) is 12.4. The van der Waals surface area contributed by atoms with Crippen molar-refractivity contribution in [3.63, 3.8) is 0 Å². The minimum atomic E-state index is -3.68. The van der Waals surface area contributed by atoms with Gasteiger partial charge in [-0.15, -0.1) is 0 Å². The molecule has 1 amide bonds. The number of benzene rings is 2. The van der Waals surface area contributed by atoms with Crippen LogP contribution in [0.2, 0.25) is 10.0 Å². The molecule has 0 saturated carbocycles. The van der Waals surface area contributed by atoms with Crippen LogP contribution < -0.4 is 14.8 Å². The third-order valence-corrected chi connectivity index (χ3v) is 5.69. The van der Waals surface area contributed by atoms with Crippen LogP contribution in [0.25, 0.3) is 11.6 Å². The Labute approximate surface area is 179 Å². The highest BCUT2D eigenvalue weighted by atomic mass is 35.5. The number of fused-ring (bicyclic) bond motifs is 1. The Morgan fingerprint density at radius 1 is 1.10 bits per heavy atom. The molecule has 0 spiro atoms. The van der Waals surface area contributed by atoms with Gasteiger partial charge in [-0.25, -0.2) is 13.1 Å². The number of anilines is 1. The van der Waals surface area contributed by atoms with Gasteiger partial charge in [-0.3, -0.25) is 4.79 Å². The Morgan fingerprint density at radius 3 is 2.45 bits per heavy atom. The molecule has 154 valence electrons. The smallest absolute Gasteiger partial charge is 0.256 e.